The van der Waals surface area contributed by atoms with E-state index in [-0.39, 0.29) is 18.4 Å². The summed E-state index contributed by atoms with van der Waals surface area (Å²) in [5.74, 6) is -0.371. The molecule has 0 radical (unpaired) electrons. The average Bonchev–Trinajstić information content (AvgIpc) is 2.79. The maximum Gasteiger partial charge on any atom is 0.262 e. The van der Waals surface area contributed by atoms with Crippen molar-refractivity contribution in [3.8, 4) is 0 Å². The van der Waals surface area contributed by atoms with Gasteiger partial charge < -0.3 is 15.7 Å². The Balaban J connectivity index is 1.40. The molecule has 154 valence electrons. The summed E-state index contributed by atoms with van der Waals surface area (Å²) in [5.41, 5.74) is 3.97. The van der Waals surface area contributed by atoms with Crippen molar-refractivity contribution in [2.45, 2.75) is 11.5 Å². The minimum absolute atomic E-state index is 0.0747. The van der Waals surface area contributed by atoms with Crippen molar-refractivity contribution in [1.82, 2.24) is 0 Å². The second-order valence-corrected chi connectivity index (χ2v) is 7.99. The number of carbonyl (C=O) groups excluding carboxylic acids is 2. The van der Waals surface area contributed by atoms with Gasteiger partial charge >= 0.3 is 0 Å². The number of benzene rings is 3. The van der Waals surface area contributed by atoms with Gasteiger partial charge in [0.1, 0.15) is 0 Å². The van der Waals surface area contributed by atoms with Gasteiger partial charge in [-0.15, -0.1) is 0 Å². The number of hydrogen-bond acceptors (Lipinski definition) is 4. The second kappa shape index (κ2) is 9.47. The lowest BCUT2D eigenvalue weighted by molar-refractivity contribution is -0.112. The van der Waals surface area contributed by atoms with Gasteiger partial charge in [-0.05, 0) is 53.1 Å². The Bertz CT molecular complexity index is 1180. The van der Waals surface area contributed by atoms with Crippen LogP contribution in [-0.4, -0.2) is 16.9 Å². The van der Waals surface area contributed by atoms with Crippen LogP contribution in [0.1, 0.15) is 16.7 Å². The van der Waals surface area contributed by atoms with E-state index in [1.54, 1.807) is 30.3 Å². The Morgan fingerprint density at radius 2 is 1.77 bits per heavy atom. The lowest BCUT2D eigenvalue weighted by Crippen LogP contribution is -2.17. The molecule has 0 aromatic heterocycles. The van der Waals surface area contributed by atoms with E-state index < -0.39 is 0 Å². The molecular weight excluding hydrogens is 408 g/mol. The maximum absolute atomic E-state index is 12.3. The number of para-hydroxylation sites is 1. The molecule has 0 aliphatic carbocycles. The van der Waals surface area contributed by atoms with Crippen molar-refractivity contribution in [1.29, 1.82) is 0 Å². The molecule has 0 bridgehead atoms. The molecule has 6 heteroatoms. The maximum atomic E-state index is 12.3. The van der Waals surface area contributed by atoms with E-state index >= 15 is 0 Å². The van der Waals surface area contributed by atoms with Crippen LogP contribution in [0.15, 0.2) is 88.7 Å². The van der Waals surface area contributed by atoms with E-state index in [1.165, 1.54) is 17.8 Å². The van der Waals surface area contributed by atoms with Gasteiger partial charge in [0, 0.05) is 16.7 Å². The number of aliphatic hydroxyl groups is 1. The standard InChI is InChI=1S/C25H20N2O3S/c28-16-19-4-3-5-20(14-19)26-24(29)13-12-17-8-10-18(11-9-17)15-23-25(30)27-21-6-1-2-7-22(21)31-23/h1-15,28H,16H2,(H,26,29)(H,27,30)/b13-12+,23-15?. The zero-order chi connectivity index (χ0) is 21.6. The van der Waals surface area contributed by atoms with Crippen LogP contribution in [0.5, 0.6) is 0 Å². The smallest absolute Gasteiger partial charge is 0.262 e. The summed E-state index contributed by atoms with van der Waals surface area (Å²) in [6, 6.07) is 22.4. The number of thioether (sulfide) groups is 1. The lowest BCUT2D eigenvalue weighted by Gasteiger charge is -2.18. The number of rotatable bonds is 5. The van der Waals surface area contributed by atoms with Gasteiger partial charge in [-0.1, -0.05) is 60.3 Å². The molecule has 31 heavy (non-hydrogen) atoms. The molecule has 0 saturated carbocycles. The van der Waals surface area contributed by atoms with Gasteiger partial charge in [0.05, 0.1) is 17.2 Å². The van der Waals surface area contributed by atoms with Crippen molar-refractivity contribution in [2.24, 2.45) is 0 Å². The van der Waals surface area contributed by atoms with E-state index in [2.05, 4.69) is 10.6 Å². The third-order valence-electron chi connectivity index (χ3n) is 4.62. The van der Waals surface area contributed by atoms with Gasteiger partial charge in [-0.3, -0.25) is 9.59 Å². The van der Waals surface area contributed by atoms with Gasteiger partial charge in [-0.2, -0.15) is 0 Å². The molecule has 1 aliphatic rings. The fourth-order valence-corrected chi connectivity index (χ4v) is 4.01. The quantitative estimate of drug-likeness (QED) is 0.504. The van der Waals surface area contributed by atoms with Crippen LogP contribution in [0.25, 0.3) is 12.2 Å². The highest BCUT2D eigenvalue weighted by molar-refractivity contribution is 8.04. The summed E-state index contributed by atoms with van der Waals surface area (Å²) in [6.07, 6.45) is 5.03. The first-order valence-corrected chi connectivity index (χ1v) is 10.5. The summed E-state index contributed by atoms with van der Waals surface area (Å²) in [7, 11) is 0. The number of aliphatic hydroxyl groups excluding tert-OH is 1. The number of fused-ring (bicyclic) bond motifs is 1. The van der Waals surface area contributed by atoms with Crippen LogP contribution in [0, 0.1) is 0 Å². The van der Waals surface area contributed by atoms with Crippen molar-refractivity contribution in [3.63, 3.8) is 0 Å². The molecule has 0 unspecified atom stereocenters. The zero-order valence-corrected chi connectivity index (χ0v) is 17.4. The molecule has 0 spiro atoms. The van der Waals surface area contributed by atoms with Gasteiger partial charge in [0.15, 0.2) is 0 Å². The number of nitrogens with one attached hydrogen (secondary N) is 2. The summed E-state index contributed by atoms with van der Waals surface area (Å²) in [6.45, 7) is -0.0747. The van der Waals surface area contributed by atoms with Crippen LogP contribution >= 0.6 is 11.8 Å². The summed E-state index contributed by atoms with van der Waals surface area (Å²) in [5, 5.41) is 14.9. The fourth-order valence-electron chi connectivity index (χ4n) is 3.06. The summed E-state index contributed by atoms with van der Waals surface area (Å²) in [4.78, 5) is 26.1. The van der Waals surface area contributed by atoms with Gasteiger partial charge in [0.25, 0.3) is 5.91 Å². The predicted octanol–water partition coefficient (Wildman–Crippen LogP) is 4.92. The largest absolute Gasteiger partial charge is 0.392 e. The molecule has 3 N–H and O–H groups in total. The first-order valence-electron chi connectivity index (χ1n) is 9.69. The van der Waals surface area contributed by atoms with E-state index in [1.807, 2.05) is 54.6 Å². The normalized spacial score (nSPS) is 14.4. The highest BCUT2D eigenvalue weighted by Gasteiger charge is 2.20. The van der Waals surface area contributed by atoms with Crippen LogP contribution in [-0.2, 0) is 16.2 Å². The molecule has 0 saturated heterocycles. The summed E-state index contributed by atoms with van der Waals surface area (Å²) >= 11 is 1.45. The predicted molar refractivity (Wildman–Crippen MR) is 125 cm³/mol. The van der Waals surface area contributed by atoms with Crippen LogP contribution in [0.2, 0.25) is 0 Å². The van der Waals surface area contributed by atoms with Gasteiger partial charge in [-0.25, -0.2) is 0 Å². The number of carbonyl (C=O) groups is 2. The molecule has 0 fully saturated rings. The van der Waals surface area contributed by atoms with E-state index in [9.17, 15) is 14.7 Å². The summed E-state index contributed by atoms with van der Waals surface area (Å²) < 4.78 is 0. The molecule has 4 rings (SSSR count). The second-order valence-electron chi connectivity index (χ2n) is 6.91. The molecule has 0 atom stereocenters. The highest BCUT2D eigenvalue weighted by Crippen LogP contribution is 2.38. The van der Waals surface area contributed by atoms with Crippen LogP contribution in [0.3, 0.4) is 0 Å². The van der Waals surface area contributed by atoms with E-state index in [0.29, 0.717) is 10.6 Å². The third-order valence-corrected chi connectivity index (χ3v) is 5.72. The van der Waals surface area contributed by atoms with Crippen LogP contribution < -0.4 is 10.6 Å². The van der Waals surface area contributed by atoms with Crippen molar-refractivity contribution in [3.05, 3.63) is 100 Å². The topological polar surface area (TPSA) is 78.4 Å². The van der Waals surface area contributed by atoms with Crippen LogP contribution in [0.4, 0.5) is 11.4 Å². The monoisotopic (exact) mass is 428 g/mol. The highest BCUT2D eigenvalue weighted by atomic mass is 32.2. The minimum Gasteiger partial charge on any atom is -0.392 e. The first-order chi connectivity index (χ1) is 15.1. The average molecular weight is 429 g/mol. The Kier molecular flexibility index (Phi) is 6.31. The van der Waals surface area contributed by atoms with Crippen molar-refractivity contribution >= 4 is 47.1 Å². The molecular formula is C25H20N2O3S. The van der Waals surface area contributed by atoms with E-state index in [0.717, 1.165) is 27.3 Å². The van der Waals surface area contributed by atoms with Crippen molar-refractivity contribution < 1.29 is 14.7 Å². The third kappa shape index (κ3) is 5.31. The Labute approximate surface area is 184 Å². The van der Waals surface area contributed by atoms with Gasteiger partial charge in [0.2, 0.25) is 5.91 Å². The molecule has 5 nitrogen and oxygen atoms in total. The Morgan fingerprint density at radius 3 is 2.58 bits per heavy atom. The van der Waals surface area contributed by atoms with Crippen molar-refractivity contribution in [2.75, 3.05) is 10.6 Å². The molecule has 3 aromatic carbocycles. The number of amides is 2. The lowest BCUT2D eigenvalue weighted by atomic mass is 10.1. The zero-order valence-electron chi connectivity index (χ0n) is 16.5. The number of anilines is 2. The number of hydrogen-bond donors (Lipinski definition) is 3. The molecule has 2 amide bonds. The first kappa shape index (κ1) is 20.7. The minimum atomic E-state index is -0.254. The Morgan fingerprint density at radius 1 is 1.00 bits per heavy atom. The molecule has 1 heterocycles. The Hall–Kier alpha value is -3.61. The van der Waals surface area contributed by atoms with E-state index in [4.69, 9.17) is 0 Å². The molecule has 1 aliphatic heterocycles. The SMILES string of the molecule is O=C(/C=C/c1ccc(C=C2Sc3ccccc3NC2=O)cc1)Nc1cccc(CO)c1. The fraction of sp³-hybridized carbons (Fsp3) is 0.0400. The molecule has 3 aromatic rings.